The van der Waals surface area contributed by atoms with Gasteiger partial charge < -0.3 is 4.90 Å². The predicted molar refractivity (Wildman–Crippen MR) is 84.5 cm³/mol. The summed E-state index contributed by atoms with van der Waals surface area (Å²) in [4.78, 5) is 25.7. The van der Waals surface area contributed by atoms with Gasteiger partial charge in [-0.3, -0.25) is 20.3 Å². The minimum absolute atomic E-state index is 0.0144. The highest BCUT2D eigenvalue weighted by molar-refractivity contribution is 5.99. The number of carbonyl (C=O) groups excluding carboxylic acids is 1. The van der Waals surface area contributed by atoms with Gasteiger partial charge in [-0.25, -0.2) is 5.43 Å². The summed E-state index contributed by atoms with van der Waals surface area (Å²) in [5.74, 6) is 0.0124. The largest absolute Gasteiger partial charge is 0.310 e. The minimum Gasteiger partial charge on any atom is -0.310 e. The third-order valence-electron chi connectivity index (χ3n) is 5.44. The van der Waals surface area contributed by atoms with E-state index < -0.39 is 6.04 Å². The van der Waals surface area contributed by atoms with Crippen molar-refractivity contribution in [1.29, 1.82) is 0 Å². The van der Waals surface area contributed by atoms with Crippen molar-refractivity contribution in [1.82, 2.24) is 10.9 Å². The number of benzene rings is 1. The molecule has 1 saturated heterocycles. The van der Waals surface area contributed by atoms with Crippen LogP contribution in [-0.4, -0.2) is 35.5 Å². The number of amides is 1. The number of rotatable bonds is 2. The van der Waals surface area contributed by atoms with Crippen LogP contribution in [0.5, 0.6) is 0 Å². The van der Waals surface area contributed by atoms with Crippen molar-refractivity contribution in [3.05, 3.63) is 39.9 Å². The number of carbonyl (C=O) groups is 1. The first kappa shape index (κ1) is 14.6. The van der Waals surface area contributed by atoms with Crippen LogP contribution in [0.2, 0.25) is 0 Å². The molecule has 2 aliphatic heterocycles. The first-order valence-electron chi connectivity index (χ1n) is 8.19. The number of nitrogens with zero attached hydrogens (tertiary/aromatic N) is 2. The number of anilines is 1. The zero-order valence-electron chi connectivity index (χ0n) is 12.8. The van der Waals surface area contributed by atoms with E-state index in [0.717, 1.165) is 18.5 Å². The Bertz CT molecular complexity index is 650. The lowest BCUT2D eigenvalue weighted by molar-refractivity contribution is -0.528. The number of nitro groups is 1. The Morgan fingerprint density at radius 3 is 2.91 bits per heavy atom. The summed E-state index contributed by atoms with van der Waals surface area (Å²) in [7, 11) is 0. The Kier molecular flexibility index (Phi) is 3.54. The summed E-state index contributed by atoms with van der Waals surface area (Å²) >= 11 is 0. The van der Waals surface area contributed by atoms with Crippen molar-refractivity contribution in [2.75, 3.05) is 11.4 Å². The highest BCUT2D eigenvalue weighted by atomic mass is 16.6. The third-order valence-corrected chi connectivity index (χ3v) is 5.44. The summed E-state index contributed by atoms with van der Waals surface area (Å²) in [5.41, 5.74) is 8.44. The van der Waals surface area contributed by atoms with Crippen molar-refractivity contribution in [3.63, 3.8) is 0 Å². The van der Waals surface area contributed by atoms with E-state index >= 15 is 0 Å². The second-order valence-corrected chi connectivity index (χ2v) is 6.66. The topological polar surface area (TPSA) is 87.5 Å². The molecule has 0 bridgehead atoms. The van der Waals surface area contributed by atoms with E-state index in [1.165, 1.54) is 5.56 Å². The molecule has 4 rings (SSSR count). The van der Waals surface area contributed by atoms with Gasteiger partial charge in [0.05, 0.1) is 0 Å². The van der Waals surface area contributed by atoms with Gasteiger partial charge in [0, 0.05) is 42.0 Å². The van der Waals surface area contributed by atoms with Gasteiger partial charge in [-0.1, -0.05) is 18.2 Å². The van der Waals surface area contributed by atoms with Gasteiger partial charge in [-0.2, -0.15) is 0 Å². The van der Waals surface area contributed by atoms with Crippen LogP contribution in [0, 0.1) is 16.0 Å². The predicted octanol–water partition coefficient (Wildman–Crippen LogP) is 0.866. The SMILES string of the molecule is O=C(C1NNC2CCC([N+](=O)[O-])CC21)N1CCc2ccccc21. The van der Waals surface area contributed by atoms with Crippen LogP contribution in [-0.2, 0) is 11.2 Å². The number of hydrazine groups is 1. The van der Waals surface area contributed by atoms with Crippen molar-refractivity contribution < 1.29 is 9.72 Å². The number of nitrogens with one attached hydrogen (secondary N) is 2. The summed E-state index contributed by atoms with van der Waals surface area (Å²) in [6.45, 7) is 0.687. The van der Waals surface area contributed by atoms with Crippen LogP contribution in [0.15, 0.2) is 24.3 Å². The van der Waals surface area contributed by atoms with Crippen molar-refractivity contribution in [2.45, 2.75) is 43.8 Å². The summed E-state index contributed by atoms with van der Waals surface area (Å²) in [6.07, 6.45) is 2.65. The normalized spacial score (nSPS) is 32.4. The van der Waals surface area contributed by atoms with E-state index in [1.54, 1.807) is 0 Å². The molecule has 7 heteroatoms. The molecule has 122 valence electrons. The Hall–Kier alpha value is -1.99. The summed E-state index contributed by atoms with van der Waals surface area (Å²) in [6, 6.07) is 7.19. The van der Waals surface area contributed by atoms with Crippen LogP contribution < -0.4 is 15.8 Å². The van der Waals surface area contributed by atoms with E-state index in [0.29, 0.717) is 19.4 Å². The Morgan fingerprint density at radius 2 is 2.09 bits per heavy atom. The molecule has 0 spiro atoms. The van der Waals surface area contributed by atoms with Crippen LogP contribution in [0.25, 0.3) is 0 Å². The molecular formula is C16H20N4O3. The summed E-state index contributed by atoms with van der Waals surface area (Å²) < 4.78 is 0. The van der Waals surface area contributed by atoms with E-state index in [4.69, 9.17) is 0 Å². The number of para-hydroxylation sites is 1. The highest BCUT2D eigenvalue weighted by Crippen LogP contribution is 2.35. The molecule has 0 radical (unpaired) electrons. The van der Waals surface area contributed by atoms with Crippen LogP contribution in [0.4, 0.5) is 5.69 Å². The molecule has 23 heavy (non-hydrogen) atoms. The standard InChI is InChI=1S/C16H20N4O3/c21-16(19-8-7-10-3-1-2-4-14(10)19)15-12-9-11(20(22)23)5-6-13(12)17-18-15/h1-4,11-13,15,17-18H,5-9H2. The lowest BCUT2D eigenvalue weighted by atomic mass is 9.79. The molecule has 1 aromatic rings. The van der Waals surface area contributed by atoms with E-state index in [-0.39, 0.29) is 28.8 Å². The molecule has 3 aliphatic rings. The van der Waals surface area contributed by atoms with Gasteiger partial charge in [-0.05, 0) is 24.5 Å². The van der Waals surface area contributed by atoms with Gasteiger partial charge in [0.15, 0.2) is 0 Å². The quantitative estimate of drug-likeness (QED) is 0.624. The highest BCUT2D eigenvalue weighted by Gasteiger charge is 2.48. The Balaban J connectivity index is 1.54. The van der Waals surface area contributed by atoms with E-state index in [9.17, 15) is 14.9 Å². The van der Waals surface area contributed by atoms with Gasteiger partial charge in [0.1, 0.15) is 6.04 Å². The van der Waals surface area contributed by atoms with Crippen LogP contribution >= 0.6 is 0 Å². The second kappa shape index (κ2) is 5.58. The van der Waals surface area contributed by atoms with E-state index in [2.05, 4.69) is 16.9 Å². The summed E-state index contributed by atoms with van der Waals surface area (Å²) in [5, 5.41) is 11.1. The van der Waals surface area contributed by atoms with E-state index in [1.807, 2.05) is 23.1 Å². The third kappa shape index (κ3) is 2.40. The lowest BCUT2D eigenvalue weighted by Gasteiger charge is -2.30. The molecule has 1 aliphatic carbocycles. The zero-order chi connectivity index (χ0) is 16.0. The average molecular weight is 316 g/mol. The fourth-order valence-electron chi connectivity index (χ4n) is 4.21. The molecule has 2 N–H and O–H groups in total. The fourth-order valence-corrected chi connectivity index (χ4v) is 4.21. The fraction of sp³-hybridized carbons (Fsp3) is 0.562. The number of fused-ring (bicyclic) bond motifs is 2. The molecule has 1 aromatic carbocycles. The second-order valence-electron chi connectivity index (χ2n) is 6.66. The zero-order valence-corrected chi connectivity index (χ0v) is 12.8. The maximum atomic E-state index is 13.0. The smallest absolute Gasteiger partial charge is 0.245 e. The molecule has 4 atom stereocenters. The molecular weight excluding hydrogens is 296 g/mol. The van der Waals surface area contributed by atoms with Crippen molar-refractivity contribution in [2.24, 2.45) is 5.92 Å². The first-order chi connectivity index (χ1) is 11.1. The average Bonchev–Trinajstić information content (AvgIpc) is 3.17. The Morgan fingerprint density at radius 1 is 1.26 bits per heavy atom. The van der Waals surface area contributed by atoms with Gasteiger partial charge in [0.25, 0.3) is 0 Å². The van der Waals surface area contributed by atoms with Crippen LogP contribution in [0.3, 0.4) is 0 Å². The lowest BCUT2D eigenvalue weighted by Crippen LogP contribution is -2.48. The minimum atomic E-state index is -0.529. The maximum absolute atomic E-state index is 13.0. The van der Waals surface area contributed by atoms with Gasteiger partial charge in [0.2, 0.25) is 11.9 Å². The molecule has 4 unspecified atom stereocenters. The molecule has 7 nitrogen and oxygen atoms in total. The number of hydrogen-bond acceptors (Lipinski definition) is 5. The molecule has 1 amide bonds. The molecule has 1 saturated carbocycles. The first-order valence-corrected chi connectivity index (χ1v) is 8.19. The van der Waals surface area contributed by atoms with Crippen LogP contribution in [0.1, 0.15) is 24.8 Å². The van der Waals surface area contributed by atoms with Gasteiger partial charge >= 0.3 is 0 Å². The van der Waals surface area contributed by atoms with Crippen molar-refractivity contribution in [3.8, 4) is 0 Å². The van der Waals surface area contributed by atoms with Gasteiger partial charge in [-0.15, -0.1) is 0 Å². The number of hydrogen-bond donors (Lipinski definition) is 2. The molecule has 2 fully saturated rings. The molecule has 2 heterocycles. The maximum Gasteiger partial charge on any atom is 0.245 e. The van der Waals surface area contributed by atoms with Crippen molar-refractivity contribution >= 4 is 11.6 Å². The monoisotopic (exact) mass is 316 g/mol. The Labute approximate surface area is 134 Å². The molecule has 0 aromatic heterocycles.